The lowest BCUT2D eigenvalue weighted by Gasteiger charge is -2.17. The molecular weight excluding hydrogens is 226 g/mol. The second-order valence-corrected chi connectivity index (χ2v) is 3.71. The lowest BCUT2D eigenvalue weighted by molar-refractivity contribution is 1.13. The lowest BCUT2D eigenvalue weighted by Crippen LogP contribution is -2.10. The number of rotatable bonds is 3. The molecule has 70 valence electrons. The van der Waals surface area contributed by atoms with E-state index in [1.54, 1.807) is 0 Å². The van der Waals surface area contributed by atoms with Crippen molar-refractivity contribution in [2.45, 2.75) is 0 Å². The number of nitrogens with zero attached hydrogens (tertiary/aromatic N) is 1. The van der Waals surface area contributed by atoms with Gasteiger partial charge in [0.2, 0.25) is 0 Å². The van der Waals surface area contributed by atoms with Crippen molar-refractivity contribution in [2.24, 2.45) is 0 Å². The van der Waals surface area contributed by atoms with Crippen LogP contribution in [0.2, 0.25) is 0 Å². The molecule has 0 N–H and O–H groups in total. The monoisotopic (exact) mass is 239 g/mol. The molecule has 1 rings (SSSR count). The molecule has 0 saturated carbocycles. The maximum Gasteiger partial charge on any atom is 0.0437 e. The van der Waals surface area contributed by atoms with Crippen LogP contribution < -0.4 is 4.90 Å². The van der Waals surface area contributed by atoms with Crippen LogP contribution >= 0.6 is 15.9 Å². The third-order valence-electron chi connectivity index (χ3n) is 1.93. The van der Waals surface area contributed by atoms with Crippen molar-refractivity contribution in [3.8, 4) is 0 Å². The molecule has 1 nitrogen and oxygen atoms in total. The Hall–Kier alpha value is -0.760. The Labute approximate surface area is 88.2 Å². The highest BCUT2D eigenvalue weighted by molar-refractivity contribution is 9.09. The van der Waals surface area contributed by atoms with Gasteiger partial charge in [-0.3, -0.25) is 0 Å². The third kappa shape index (κ3) is 2.34. The van der Waals surface area contributed by atoms with Gasteiger partial charge in [0.15, 0.2) is 0 Å². The topological polar surface area (TPSA) is 3.24 Å². The van der Waals surface area contributed by atoms with Gasteiger partial charge in [-0.25, -0.2) is 0 Å². The number of hydrogen-bond donors (Lipinski definition) is 0. The van der Waals surface area contributed by atoms with Crippen LogP contribution in [0.1, 0.15) is 5.56 Å². The normalized spacial score (nSPS) is 9.77. The Balaban J connectivity index is 3.12. The molecule has 13 heavy (non-hydrogen) atoms. The van der Waals surface area contributed by atoms with Crippen LogP contribution in [0.5, 0.6) is 0 Å². The first-order chi connectivity index (χ1) is 6.16. The van der Waals surface area contributed by atoms with E-state index in [0.29, 0.717) is 0 Å². The Morgan fingerprint density at radius 2 is 2.00 bits per heavy atom. The number of allylic oxidation sites excluding steroid dienone is 1. The summed E-state index contributed by atoms with van der Waals surface area (Å²) in [5, 5.41) is 0.817. The Morgan fingerprint density at radius 3 is 2.54 bits per heavy atom. The molecule has 0 aromatic heterocycles. The quantitative estimate of drug-likeness (QED) is 0.733. The minimum Gasteiger partial charge on any atom is -0.377 e. The van der Waals surface area contributed by atoms with E-state index >= 15 is 0 Å². The largest absolute Gasteiger partial charge is 0.377 e. The van der Waals surface area contributed by atoms with E-state index in [4.69, 9.17) is 0 Å². The molecule has 0 aliphatic carbocycles. The minimum atomic E-state index is 0.817. The summed E-state index contributed by atoms with van der Waals surface area (Å²) in [7, 11) is 4.08. The summed E-state index contributed by atoms with van der Waals surface area (Å²) in [5.41, 5.74) is 3.54. The summed E-state index contributed by atoms with van der Waals surface area (Å²) in [5.74, 6) is 0. The summed E-state index contributed by atoms with van der Waals surface area (Å²) in [4.78, 5) is 2.10. The van der Waals surface area contributed by atoms with Crippen molar-refractivity contribution in [1.29, 1.82) is 0 Å². The summed E-state index contributed by atoms with van der Waals surface area (Å²) in [6.45, 7) is 4.01. The van der Waals surface area contributed by atoms with Crippen LogP contribution in [0.15, 0.2) is 30.8 Å². The zero-order valence-corrected chi connectivity index (χ0v) is 9.63. The van der Waals surface area contributed by atoms with E-state index in [2.05, 4.69) is 39.5 Å². The van der Waals surface area contributed by atoms with E-state index in [-0.39, 0.29) is 0 Å². The Bertz CT molecular complexity index is 305. The van der Waals surface area contributed by atoms with Crippen LogP contribution in [0.25, 0.3) is 5.57 Å². The van der Waals surface area contributed by atoms with Crippen molar-refractivity contribution >= 4 is 27.2 Å². The van der Waals surface area contributed by atoms with Gasteiger partial charge in [-0.15, -0.1) is 0 Å². The van der Waals surface area contributed by atoms with Crippen LogP contribution in [0, 0.1) is 0 Å². The number of hydrogen-bond acceptors (Lipinski definition) is 1. The fourth-order valence-corrected chi connectivity index (χ4v) is 1.54. The van der Waals surface area contributed by atoms with Gasteiger partial charge in [0.05, 0.1) is 0 Å². The van der Waals surface area contributed by atoms with Gasteiger partial charge in [0.25, 0.3) is 0 Å². The molecule has 0 aliphatic rings. The van der Waals surface area contributed by atoms with Gasteiger partial charge in [-0.05, 0) is 11.6 Å². The van der Waals surface area contributed by atoms with Gasteiger partial charge in [0, 0.05) is 30.7 Å². The van der Waals surface area contributed by atoms with Gasteiger partial charge >= 0.3 is 0 Å². The summed E-state index contributed by atoms with van der Waals surface area (Å²) < 4.78 is 0. The molecule has 2 heteroatoms. The van der Waals surface area contributed by atoms with Crippen molar-refractivity contribution in [3.05, 3.63) is 36.4 Å². The molecule has 0 amide bonds. The minimum absolute atomic E-state index is 0.817. The van der Waals surface area contributed by atoms with Gasteiger partial charge < -0.3 is 4.90 Å². The lowest BCUT2D eigenvalue weighted by atomic mass is 10.1. The molecule has 0 spiro atoms. The standard InChI is InChI=1S/C11H14BrN/c1-9(8-12)10-6-4-5-7-11(10)13(2)3/h4-7H,1,8H2,2-3H3. The number of alkyl halides is 1. The van der Waals surface area contributed by atoms with E-state index in [9.17, 15) is 0 Å². The fourth-order valence-electron chi connectivity index (χ4n) is 1.23. The van der Waals surface area contributed by atoms with Crippen LogP contribution in [-0.2, 0) is 0 Å². The number of para-hydroxylation sites is 1. The second kappa shape index (κ2) is 4.47. The van der Waals surface area contributed by atoms with Crippen molar-refractivity contribution < 1.29 is 0 Å². The predicted molar refractivity (Wildman–Crippen MR) is 63.6 cm³/mol. The number of benzene rings is 1. The van der Waals surface area contributed by atoms with Crippen LogP contribution in [-0.4, -0.2) is 19.4 Å². The molecule has 0 atom stereocenters. The Kier molecular flexibility index (Phi) is 3.55. The zero-order valence-electron chi connectivity index (χ0n) is 8.05. The molecule has 0 fully saturated rings. The molecule has 0 bridgehead atoms. The zero-order chi connectivity index (χ0) is 9.84. The SMILES string of the molecule is C=C(CBr)c1ccccc1N(C)C. The van der Waals surface area contributed by atoms with Crippen molar-refractivity contribution in [2.75, 3.05) is 24.3 Å². The molecule has 1 aromatic carbocycles. The first kappa shape index (κ1) is 10.3. The highest BCUT2D eigenvalue weighted by Gasteiger charge is 2.04. The van der Waals surface area contributed by atoms with Gasteiger partial charge in [0.1, 0.15) is 0 Å². The molecule has 0 aliphatic heterocycles. The maximum absolute atomic E-state index is 4.01. The average Bonchev–Trinajstić information content (AvgIpc) is 2.16. The number of halogens is 1. The van der Waals surface area contributed by atoms with Crippen LogP contribution in [0.4, 0.5) is 5.69 Å². The number of anilines is 1. The molecule has 0 unspecified atom stereocenters. The van der Waals surface area contributed by atoms with E-state index < -0.39 is 0 Å². The molecular formula is C11H14BrN. The summed E-state index contributed by atoms with van der Waals surface area (Å²) in [6.07, 6.45) is 0. The third-order valence-corrected chi connectivity index (χ3v) is 2.60. The second-order valence-electron chi connectivity index (χ2n) is 3.15. The van der Waals surface area contributed by atoms with Crippen LogP contribution in [0.3, 0.4) is 0 Å². The first-order valence-corrected chi connectivity index (χ1v) is 5.29. The fraction of sp³-hybridized carbons (Fsp3) is 0.273. The average molecular weight is 240 g/mol. The van der Waals surface area contributed by atoms with Gasteiger partial charge in [-0.2, -0.15) is 0 Å². The molecule has 0 saturated heterocycles. The predicted octanol–water partition coefficient (Wildman–Crippen LogP) is 3.16. The molecule has 0 radical (unpaired) electrons. The van der Waals surface area contributed by atoms with E-state index in [1.807, 2.05) is 26.2 Å². The maximum atomic E-state index is 4.01. The van der Waals surface area contributed by atoms with Crippen molar-refractivity contribution in [3.63, 3.8) is 0 Å². The molecule has 0 heterocycles. The Morgan fingerprint density at radius 1 is 1.38 bits per heavy atom. The highest BCUT2D eigenvalue weighted by atomic mass is 79.9. The first-order valence-electron chi connectivity index (χ1n) is 4.17. The highest BCUT2D eigenvalue weighted by Crippen LogP contribution is 2.25. The van der Waals surface area contributed by atoms with Crippen molar-refractivity contribution in [1.82, 2.24) is 0 Å². The van der Waals surface area contributed by atoms with Gasteiger partial charge in [-0.1, -0.05) is 40.7 Å². The smallest absolute Gasteiger partial charge is 0.0437 e. The summed E-state index contributed by atoms with van der Waals surface area (Å²) in [6, 6.07) is 8.28. The summed E-state index contributed by atoms with van der Waals surface area (Å²) >= 11 is 3.42. The van der Waals surface area contributed by atoms with E-state index in [0.717, 1.165) is 10.9 Å². The van der Waals surface area contributed by atoms with E-state index in [1.165, 1.54) is 11.3 Å². The molecule has 1 aromatic rings.